The number of thioether (sulfide) groups is 1. The average molecular weight is 471 g/mol. The predicted octanol–water partition coefficient (Wildman–Crippen LogP) is 4.17. The summed E-state index contributed by atoms with van der Waals surface area (Å²) in [5.41, 5.74) is 0.829. The standard InChI is InChI=1S/C20H20F2N2O5S2/c1-3-29-19(26)11-10-18(25)23-15-5-4-13(2)17(12-15)31(27,28)24-14-6-8-16(9-7-14)30-20(21)22/h4-12,20,24H,3H2,1-2H3,(H,23,25). The van der Waals surface area contributed by atoms with E-state index < -0.39 is 27.7 Å². The summed E-state index contributed by atoms with van der Waals surface area (Å²) in [5, 5.41) is 2.47. The van der Waals surface area contributed by atoms with E-state index in [1.807, 2.05) is 0 Å². The number of halogens is 2. The molecule has 0 unspecified atom stereocenters. The van der Waals surface area contributed by atoms with E-state index in [2.05, 4.69) is 14.8 Å². The van der Waals surface area contributed by atoms with E-state index in [4.69, 9.17) is 0 Å². The first-order valence-electron chi connectivity index (χ1n) is 8.95. The van der Waals surface area contributed by atoms with Gasteiger partial charge in [0.1, 0.15) is 0 Å². The maximum atomic E-state index is 12.8. The summed E-state index contributed by atoms with van der Waals surface area (Å²) in [4.78, 5) is 23.4. The number of amides is 1. The van der Waals surface area contributed by atoms with Crippen LogP contribution in [0.4, 0.5) is 20.2 Å². The number of aryl methyl sites for hydroxylation is 1. The van der Waals surface area contributed by atoms with E-state index in [1.54, 1.807) is 13.8 Å². The van der Waals surface area contributed by atoms with Crippen molar-refractivity contribution in [3.8, 4) is 0 Å². The van der Waals surface area contributed by atoms with Crippen LogP contribution < -0.4 is 10.0 Å². The molecular formula is C20H20F2N2O5S2. The average Bonchev–Trinajstić information content (AvgIpc) is 2.69. The Labute approximate surface area is 182 Å². The molecule has 0 aliphatic carbocycles. The molecule has 1 amide bonds. The van der Waals surface area contributed by atoms with E-state index >= 15 is 0 Å². The lowest BCUT2D eigenvalue weighted by Gasteiger charge is -2.12. The Hall–Kier alpha value is -2.92. The predicted molar refractivity (Wildman–Crippen MR) is 115 cm³/mol. The van der Waals surface area contributed by atoms with Crippen LogP contribution in [0.25, 0.3) is 0 Å². The number of sulfonamides is 1. The van der Waals surface area contributed by atoms with E-state index in [0.717, 1.165) is 12.2 Å². The first-order valence-corrected chi connectivity index (χ1v) is 11.3. The molecule has 2 N–H and O–H groups in total. The first-order chi connectivity index (χ1) is 14.6. The number of carbonyl (C=O) groups is 2. The zero-order valence-corrected chi connectivity index (χ0v) is 18.2. The van der Waals surface area contributed by atoms with E-state index in [1.165, 1.54) is 42.5 Å². The van der Waals surface area contributed by atoms with Crippen LogP contribution >= 0.6 is 11.8 Å². The molecule has 0 atom stereocenters. The van der Waals surface area contributed by atoms with Crippen molar-refractivity contribution >= 4 is 45.0 Å². The number of nitrogens with one attached hydrogen (secondary N) is 2. The quantitative estimate of drug-likeness (QED) is 0.324. The van der Waals surface area contributed by atoms with E-state index in [0.29, 0.717) is 22.2 Å². The minimum Gasteiger partial charge on any atom is -0.463 e. The fourth-order valence-corrected chi connectivity index (χ4v) is 4.23. The third kappa shape index (κ3) is 7.68. The molecule has 0 saturated carbocycles. The molecule has 0 radical (unpaired) electrons. The molecule has 11 heteroatoms. The maximum Gasteiger partial charge on any atom is 0.330 e. The van der Waals surface area contributed by atoms with Gasteiger partial charge in [0.25, 0.3) is 15.8 Å². The number of esters is 1. The van der Waals surface area contributed by atoms with Gasteiger partial charge in [0.05, 0.1) is 11.5 Å². The summed E-state index contributed by atoms with van der Waals surface area (Å²) in [5.74, 6) is -3.89. The van der Waals surface area contributed by atoms with Crippen LogP contribution in [0.1, 0.15) is 12.5 Å². The van der Waals surface area contributed by atoms with Crippen LogP contribution in [0, 0.1) is 6.92 Å². The highest BCUT2D eigenvalue weighted by Crippen LogP contribution is 2.28. The Kier molecular flexibility index (Phi) is 8.57. The van der Waals surface area contributed by atoms with Crippen molar-refractivity contribution in [3.63, 3.8) is 0 Å². The molecule has 0 bridgehead atoms. The summed E-state index contributed by atoms with van der Waals surface area (Å²) in [6, 6.07) is 9.83. The number of hydrogen-bond donors (Lipinski definition) is 2. The third-order valence-electron chi connectivity index (χ3n) is 3.73. The van der Waals surface area contributed by atoms with Crippen molar-refractivity contribution in [2.24, 2.45) is 0 Å². The second-order valence-electron chi connectivity index (χ2n) is 6.06. The van der Waals surface area contributed by atoms with E-state index in [-0.39, 0.29) is 22.9 Å². The van der Waals surface area contributed by atoms with Crippen LogP contribution in [0.2, 0.25) is 0 Å². The van der Waals surface area contributed by atoms with Gasteiger partial charge in [0, 0.05) is 28.4 Å². The van der Waals surface area contributed by atoms with Crippen LogP contribution in [-0.4, -0.2) is 32.7 Å². The summed E-state index contributed by atoms with van der Waals surface area (Å²) in [6.07, 6.45) is 1.94. The van der Waals surface area contributed by atoms with Gasteiger partial charge in [-0.2, -0.15) is 8.78 Å². The number of hydrogen-bond acceptors (Lipinski definition) is 6. The maximum absolute atomic E-state index is 12.8. The highest BCUT2D eigenvalue weighted by molar-refractivity contribution is 7.99. The van der Waals surface area contributed by atoms with Crippen LogP contribution in [0.5, 0.6) is 0 Å². The molecule has 31 heavy (non-hydrogen) atoms. The fourth-order valence-electron chi connectivity index (χ4n) is 2.40. The third-order valence-corrected chi connectivity index (χ3v) is 5.98. The summed E-state index contributed by atoms with van der Waals surface area (Å²) < 4.78 is 57.4. The van der Waals surface area contributed by atoms with Gasteiger partial charge in [0.15, 0.2) is 0 Å². The second-order valence-corrected chi connectivity index (χ2v) is 8.78. The van der Waals surface area contributed by atoms with Gasteiger partial charge in [-0.25, -0.2) is 13.2 Å². The molecule has 2 aromatic rings. The first kappa shape index (κ1) is 24.4. The molecule has 0 aliphatic heterocycles. The number of anilines is 2. The largest absolute Gasteiger partial charge is 0.463 e. The van der Waals surface area contributed by atoms with Crippen LogP contribution in [0.15, 0.2) is 64.4 Å². The fraction of sp³-hybridized carbons (Fsp3) is 0.200. The summed E-state index contributed by atoms with van der Waals surface area (Å²) in [7, 11) is -4.02. The lowest BCUT2D eigenvalue weighted by Crippen LogP contribution is -2.15. The van der Waals surface area contributed by atoms with Gasteiger partial charge >= 0.3 is 5.97 Å². The summed E-state index contributed by atoms with van der Waals surface area (Å²) >= 11 is 0.355. The molecule has 0 aliphatic rings. The minimum atomic E-state index is -4.02. The Bertz CT molecular complexity index is 1070. The molecule has 0 fully saturated rings. The highest BCUT2D eigenvalue weighted by atomic mass is 32.2. The lowest BCUT2D eigenvalue weighted by molar-refractivity contribution is -0.137. The molecule has 0 saturated heterocycles. The Morgan fingerprint density at radius 1 is 1.10 bits per heavy atom. The number of carbonyl (C=O) groups excluding carboxylic acids is 2. The number of ether oxygens (including phenoxy) is 1. The van der Waals surface area contributed by atoms with Crippen LogP contribution in [0.3, 0.4) is 0 Å². The minimum absolute atomic E-state index is 0.0781. The van der Waals surface area contributed by atoms with Crippen molar-refractivity contribution < 1.29 is 31.5 Å². The molecule has 166 valence electrons. The van der Waals surface area contributed by atoms with Crippen molar-refractivity contribution in [3.05, 3.63) is 60.2 Å². The van der Waals surface area contributed by atoms with Gasteiger partial charge < -0.3 is 10.1 Å². The molecule has 0 spiro atoms. The Morgan fingerprint density at radius 2 is 1.74 bits per heavy atom. The van der Waals surface area contributed by atoms with Gasteiger partial charge in [-0.1, -0.05) is 17.8 Å². The molecule has 0 heterocycles. The molecule has 7 nitrogen and oxygen atoms in total. The monoisotopic (exact) mass is 470 g/mol. The summed E-state index contributed by atoms with van der Waals surface area (Å²) in [6.45, 7) is 3.39. The van der Waals surface area contributed by atoms with E-state index in [9.17, 15) is 26.8 Å². The number of benzene rings is 2. The highest BCUT2D eigenvalue weighted by Gasteiger charge is 2.18. The molecule has 2 aromatic carbocycles. The second kappa shape index (κ2) is 10.9. The Balaban J connectivity index is 2.15. The topological polar surface area (TPSA) is 102 Å². The molecule has 2 rings (SSSR count). The zero-order chi connectivity index (χ0) is 23.0. The Morgan fingerprint density at radius 3 is 2.35 bits per heavy atom. The van der Waals surface area contributed by atoms with Gasteiger partial charge in [-0.3, -0.25) is 9.52 Å². The normalized spacial score (nSPS) is 11.5. The smallest absolute Gasteiger partial charge is 0.330 e. The van der Waals surface area contributed by atoms with Gasteiger partial charge in [0.2, 0.25) is 5.91 Å². The van der Waals surface area contributed by atoms with Gasteiger partial charge in [-0.05, 0) is 55.8 Å². The van der Waals surface area contributed by atoms with Crippen molar-refractivity contribution in [1.82, 2.24) is 0 Å². The van der Waals surface area contributed by atoms with Crippen LogP contribution in [-0.2, 0) is 24.3 Å². The lowest BCUT2D eigenvalue weighted by atomic mass is 10.2. The zero-order valence-electron chi connectivity index (χ0n) is 16.6. The SMILES string of the molecule is CCOC(=O)C=CC(=O)Nc1ccc(C)c(S(=O)(=O)Nc2ccc(SC(F)F)cc2)c1. The number of rotatable bonds is 9. The van der Waals surface area contributed by atoms with Crippen molar-refractivity contribution in [2.75, 3.05) is 16.6 Å². The number of alkyl halides is 2. The van der Waals surface area contributed by atoms with Crippen molar-refractivity contribution in [1.29, 1.82) is 0 Å². The molecular weight excluding hydrogens is 450 g/mol. The van der Waals surface area contributed by atoms with Gasteiger partial charge in [-0.15, -0.1) is 0 Å². The van der Waals surface area contributed by atoms with Crippen molar-refractivity contribution in [2.45, 2.75) is 29.4 Å². The molecule has 0 aromatic heterocycles.